The maximum atomic E-state index is 8.90. The molecule has 0 aliphatic carbocycles. The van der Waals surface area contributed by atoms with Crippen LogP contribution in [0.3, 0.4) is 0 Å². The Morgan fingerprint density at radius 3 is 2.55 bits per heavy atom. The molecule has 0 fully saturated rings. The Morgan fingerprint density at radius 1 is 1.10 bits per heavy atom. The van der Waals surface area contributed by atoms with Gasteiger partial charge < -0.3 is 10.4 Å². The SMILES string of the molecule is CCC(C)(Cc1ccc2ccccc2c1)NCCCO. The molecule has 2 rings (SSSR count). The summed E-state index contributed by atoms with van der Waals surface area (Å²) in [5, 5.41) is 15.1. The van der Waals surface area contributed by atoms with Crippen molar-refractivity contribution in [3.05, 3.63) is 48.0 Å². The minimum absolute atomic E-state index is 0.0949. The van der Waals surface area contributed by atoms with E-state index in [0.717, 1.165) is 25.8 Å². The first kappa shape index (κ1) is 15.0. The molecule has 2 aromatic rings. The molecule has 1 unspecified atom stereocenters. The highest BCUT2D eigenvalue weighted by atomic mass is 16.3. The van der Waals surface area contributed by atoms with Crippen LogP contribution in [0.2, 0.25) is 0 Å². The van der Waals surface area contributed by atoms with Crippen molar-refractivity contribution in [2.75, 3.05) is 13.2 Å². The van der Waals surface area contributed by atoms with E-state index in [9.17, 15) is 0 Å². The molecule has 0 bridgehead atoms. The van der Waals surface area contributed by atoms with Crippen LogP contribution in [0.5, 0.6) is 0 Å². The molecule has 0 heterocycles. The number of nitrogens with one attached hydrogen (secondary N) is 1. The van der Waals surface area contributed by atoms with E-state index in [2.05, 4.69) is 61.6 Å². The Morgan fingerprint density at radius 2 is 1.85 bits per heavy atom. The Balaban J connectivity index is 2.12. The van der Waals surface area contributed by atoms with Crippen LogP contribution in [0, 0.1) is 0 Å². The van der Waals surface area contributed by atoms with Crippen LogP contribution in [0.1, 0.15) is 32.3 Å². The lowest BCUT2D eigenvalue weighted by atomic mass is 9.89. The molecule has 0 spiro atoms. The fourth-order valence-corrected chi connectivity index (χ4v) is 2.58. The van der Waals surface area contributed by atoms with Gasteiger partial charge in [-0.05, 0) is 49.1 Å². The van der Waals surface area contributed by atoms with Gasteiger partial charge in [0.2, 0.25) is 0 Å². The van der Waals surface area contributed by atoms with E-state index >= 15 is 0 Å². The second-order valence-electron chi connectivity index (χ2n) is 5.78. The molecule has 2 nitrogen and oxygen atoms in total. The van der Waals surface area contributed by atoms with Crippen LogP contribution in [0.25, 0.3) is 10.8 Å². The molecule has 2 heteroatoms. The maximum Gasteiger partial charge on any atom is 0.0443 e. The summed E-state index contributed by atoms with van der Waals surface area (Å²) in [5.74, 6) is 0. The number of aliphatic hydroxyl groups is 1. The number of benzene rings is 2. The van der Waals surface area contributed by atoms with Crippen LogP contribution in [-0.2, 0) is 6.42 Å². The van der Waals surface area contributed by atoms with Crippen molar-refractivity contribution >= 4 is 10.8 Å². The molecule has 0 amide bonds. The summed E-state index contributed by atoms with van der Waals surface area (Å²) < 4.78 is 0. The van der Waals surface area contributed by atoms with Gasteiger partial charge in [-0.3, -0.25) is 0 Å². The molecule has 108 valence electrons. The zero-order valence-electron chi connectivity index (χ0n) is 12.5. The Kier molecular flexibility index (Phi) is 5.16. The predicted octanol–water partition coefficient (Wildman–Crippen LogP) is 3.52. The van der Waals surface area contributed by atoms with E-state index in [-0.39, 0.29) is 12.1 Å². The quantitative estimate of drug-likeness (QED) is 0.755. The molecule has 0 saturated heterocycles. The summed E-state index contributed by atoms with van der Waals surface area (Å²) in [6.07, 6.45) is 2.90. The van der Waals surface area contributed by atoms with E-state index in [4.69, 9.17) is 5.11 Å². The molecule has 1 atom stereocenters. The molecule has 0 aliphatic rings. The Bertz CT molecular complexity index is 552. The van der Waals surface area contributed by atoms with Gasteiger partial charge in [-0.25, -0.2) is 0 Å². The second kappa shape index (κ2) is 6.87. The first-order valence-electron chi connectivity index (χ1n) is 7.50. The predicted molar refractivity (Wildman–Crippen MR) is 86.1 cm³/mol. The highest BCUT2D eigenvalue weighted by Crippen LogP contribution is 2.21. The number of aliphatic hydroxyl groups excluding tert-OH is 1. The van der Waals surface area contributed by atoms with E-state index in [0.29, 0.717) is 0 Å². The maximum absolute atomic E-state index is 8.90. The van der Waals surface area contributed by atoms with Crippen molar-refractivity contribution in [2.45, 2.75) is 38.6 Å². The highest BCUT2D eigenvalue weighted by molar-refractivity contribution is 5.83. The van der Waals surface area contributed by atoms with Crippen LogP contribution >= 0.6 is 0 Å². The summed E-state index contributed by atoms with van der Waals surface area (Å²) in [6.45, 7) is 5.60. The first-order valence-corrected chi connectivity index (χ1v) is 7.50. The van der Waals surface area contributed by atoms with E-state index in [1.54, 1.807) is 0 Å². The van der Waals surface area contributed by atoms with Gasteiger partial charge in [0.05, 0.1) is 0 Å². The standard InChI is InChI=1S/C18H25NO/c1-3-18(2,19-11-6-12-20)14-15-9-10-16-7-4-5-8-17(16)13-15/h4-5,7-10,13,19-20H,3,6,11-12,14H2,1-2H3. The number of fused-ring (bicyclic) bond motifs is 1. The van der Waals surface area contributed by atoms with Gasteiger partial charge in [-0.2, -0.15) is 0 Å². The van der Waals surface area contributed by atoms with Gasteiger partial charge in [-0.1, -0.05) is 49.4 Å². The van der Waals surface area contributed by atoms with Crippen LogP contribution < -0.4 is 5.32 Å². The summed E-state index contributed by atoms with van der Waals surface area (Å²) in [4.78, 5) is 0. The van der Waals surface area contributed by atoms with Gasteiger partial charge in [0.15, 0.2) is 0 Å². The van der Waals surface area contributed by atoms with Crippen molar-refractivity contribution in [3.8, 4) is 0 Å². The monoisotopic (exact) mass is 271 g/mol. The minimum atomic E-state index is 0.0949. The number of hydrogen-bond acceptors (Lipinski definition) is 2. The molecular formula is C18H25NO. The molecule has 2 aromatic carbocycles. The molecule has 2 N–H and O–H groups in total. The summed E-state index contributed by atoms with van der Waals surface area (Å²) in [6, 6.07) is 15.2. The Labute approximate surface area is 121 Å². The van der Waals surface area contributed by atoms with Crippen molar-refractivity contribution < 1.29 is 5.11 Å². The highest BCUT2D eigenvalue weighted by Gasteiger charge is 2.21. The fraction of sp³-hybridized carbons (Fsp3) is 0.444. The van der Waals surface area contributed by atoms with Gasteiger partial charge in [0, 0.05) is 12.1 Å². The lowest BCUT2D eigenvalue weighted by Gasteiger charge is -2.30. The molecule has 0 saturated carbocycles. The van der Waals surface area contributed by atoms with E-state index in [1.807, 2.05) is 0 Å². The van der Waals surface area contributed by atoms with Gasteiger partial charge in [0.25, 0.3) is 0 Å². The van der Waals surface area contributed by atoms with Crippen molar-refractivity contribution in [1.29, 1.82) is 0 Å². The van der Waals surface area contributed by atoms with Gasteiger partial charge in [0.1, 0.15) is 0 Å². The smallest absolute Gasteiger partial charge is 0.0443 e. The molecule has 0 aromatic heterocycles. The number of rotatable bonds is 7. The largest absolute Gasteiger partial charge is 0.396 e. The average molecular weight is 271 g/mol. The molecule has 20 heavy (non-hydrogen) atoms. The third-order valence-corrected chi connectivity index (χ3v) is 4.08. The average Bonchev–Trinajstić information content (AvgIpc) is 2.47. The topological polar surface area (TPSA) is 32.3 Å². The normalized spacial score (nSPS) is 14.3. The summed E-state index contributed by atoms with van der Waals surface area (Å²) in [7, 11) is 0. The lowest BCUT2D eigenvalue weighted by molar-refractivity contribution is 0.268. The lowest BCUT2D eigenvalue weighted by Crippen LogP contribution is -2.44. The first-order chi connectivity index (χ1) is 9.67. The zero-order chi connectivity index (χ0) is 14.4. The van der Waals surface area contributed by atoms with Crippen LogP contribution in [0.15, 0.2) is 42.5 Å². The van der Waals surface area contributed by atoms with Crippen LogP contribution in [0.4, 0.5) is 0 Å². The summed E-state index contributed by atoms with van der Waals surface area (Å²) >= 11 is 0. The van der Waals surface area contributed by atoms with Crippen molar-refractivity contribution in [3.63, 3.8) is 0 Å². The van der Waals surface area contributed by atoms with E-state index in [1.165, 1.54) is 16.3 Å². The van der Waals surface area contributed by atoms with Gasteiger partial charge in [-0.15, -0.1) is 0 Å². The number of hydrogen-bond donors (Lipinski definition) is 2. The Hall–Kier alpha value is -1.38. The summed E-state index contributed by atoms with van der Waals surface area (Å²) in [5.41, 5.74) is 1.46. The van der Waals surface area contributed by atoms with E-state index < -0.39 is 0 Å². The van der Waals surface area contributed by atoms with Crippen molar-refractivity contribution in [2.24, 2.45) is 0 Å². The van der Waals surface area contributed by atoms with Gasteiger partial charge >= 0.3 is 0 Å². The molecule has 0 aliphatic heterocycles. The molecular weight excluding hydrogens is 246 g/mol. The third-order valence-electron chi connectivity index (χ3n) is 4.08. The van der Waals surface area contributed by atoms with Crippen LogP contribution in [-0.4, -0.2) is 23.8 Å². The van der Waals surface area contributed by atoms with Crippen molar-refractivity contribution in [1.82, 2.24) is 5.32 Å². The third kappa shape index (κ3) is 3.81. The fourth-order valence-electron chi connectivity index (χ4n) is 2.58. The zero-order valence-corrected chi connectivity index (χ0v) is 12.5. The molecule has 0 radical (unpaired) electrons. The second-order valence-corrected chi connectivity index (χ2v) is 5.78. The minimum Gasteiger partial charge on any atom is -0.396 e.